The predicted octanol–water partition coefficient (Wildman–Crippen LogP) is 2.56. The van der Waals surface area contributed by atoms with Gasteiger partial charge in [0.25, 0.3) is 0 Å². The molecule has 1 rings (SSSR count). The van der Waals surface area contributed by atoms with E-state index in [1.165, 1.54) is 0 Å². The van der Waals surface area contributed by atoms with E-state index >= 15 is 0 Å². The molecule has 0 spiro atoms. The fraction of sp³-hybridized carbons (Fsp3) is 0.500. The molecule has 0 bridgehead atoms. The minimum Gasteiger partial charge on any atom is -0.396 e. The third-order valence-electron chi connectivity index (χ3n) is 3.06. The first-order valence-corrected chi connectivity index (χ1v) is 6.74. The van der Waals surface area contributed by atoms with E-state index in [1.54, 1.807) is 25.3 Å². The summed E-state index contributed by atoms with van der Waals surface area (Å²) in [4.78, 5) is 12.0. The number of nitrogens with one attached hydrogen (secondary N) is 2. The van der Waals surface area contributed by atoms with E-state index in [-0.39, 0.29) is 12.6 Å². The van der Waals surface area contributed by atoms with E-state index in [9.17, 15) is 4.79 Å². The van der Waals surface area contributed by atoms with Crippen molar-refractivity contribution < 1.29 is 14.6 Å². The fourth-order valence-corrected chi connectivity index (χ4v) is 2.08. The molecule has 0 saturated heterocycles. The maximum Gasteiger partial charge on any atom is 0.319 e. The molecule has 2 amide bonds. The highest BCUT2D eigenvalue weighted by molar-refractivity contribution is 6.31. The Bertz CT molecular complexity index is 460. The number of carbonyl (C=O) groups is 1. The lowest BCUT2D eigenvalue weighted by Crippen LogP contribution is -2.51. The van der Waals surface area contributed by atoms with Crippen LogP contribution in [-0.2, 0) is 4.74 Å². The van der Waals surface area contributed by atoms with Gasteiger partial charge >= 0.3 is 6.03 Å². The number of anilines is 1. The molecule has 1 aromatic carbocycles. The summed E-state index contributed by atoms with van der Waals surface area (Å²) in [7, 11) is 1.55. The number of ether oxygens (including phenoxy) is 1. The molecule has 0 fully saturated rings. The molecule has 0 aliphatic heterocycles. The topological polar surface area (TPSA) is 70.6 Å². The Kier molecular flexibility index (Phi) is 6.26. The van der Waals surface area contributed by atoms with Gasteiger partial charge in [0.05, 0.1) is 12.1 Å². The molecule has 6 heteroatoms. The van der Waals surface area contributed by atoms with E-state index in [0.717, 1.165) is 5.56 Å². The second-order valence-corrected chi connectivity index (χ2v) is 5.37. The quantitative estimate of drug-likeness (QED) is 0.756. The van der Waals surface area contributed by atoms with Crippen molar-refractivity contribution in [2.24, 2.45) is 0 Å². The number of hydrogen-bond donors (Lipinski definition) is 3. The van der Waals surface area contributed by atoms with E-state index in [0.29, 0.717) is 23.7 Å². The van der Waals surface area contributed by atoms with Crippen LogP contribution >= 0.6 is 11.6 Å². The highest BCUT2D eigenvalue weighted by Gasteiger charge is 2.26. The van der Waals surface area contributed by atoms with E-state index < -0.39 is 5.54 Å². The molecule has 1 atom stereocenters. The Morgan fingerprint density at radius 2 is 2.20 bits per heavy atom. The molecular formula is C14H21ClN2O3. The van der Waals surface area contributed by atoms with Crippen molar-refractivity contribution in [1.82, 2.24) is 5.32 Å². The molecule has 0 aliphatic rings. The predicted molar refractivity (Wildman–Crippen MR) is 80.3 cm³/mol. The number of rotatable bonds is 6. The summed E-state index contributed by atoms with van der Waals surface area (Å²) < 4.78 is 5.08. The van der Waals surface area contributed by atoms with Gasteiger partial charge in [-0.15, -0.1) is 0 Å². The molecule has 5 nitrogen and oxygen atoms in total. The maximum atomic E-state index is 12.0. The molecule has 3 N–H and O–H groups in total. The minimum atomic E-state index is -0.625. The molecule has 0 heterocycles. The van der Waals surface area contributed by atoms with Crippen LogP contribution in [0.3, 0.4) is 0 Å². The lowest BCUT2D eigenvalue weighted by atomic mass is 10.00. The smallest absolute Gasteiger partial charge is 0.319 e. The summed E-state index contributed by atoms with van der Waals surface area (Å²) in [6.07, 6.45) is 0.406. The summed E-state index contributed by atoms with van der Waals surface area (Å²) in [6.45, 7) is 3.93. The van der Waals surface area contributed by atoms with Gasteiger partial charge in [0.15, 0.2) is 0 Å². The van der Waals surface area contributed by atoms with Crippen molar-refractivity contribution >= 4 is 23.3 Å². The number of amides is 2. The normalized spacial score (nSPS) is 13.7. The van der Waals surface area contributed by atoms with Gasteiger partial charge in [-0.05, 0) is 38.0 Å². The number of aliphatic hydroxyl groups excluding tert-OH is 1. The highest BCUT2D eigenvalue weighted by atomic mass is 35.5. The van der Waals surface area contributed by atoms with Crippen LogP contribution < -0.4 is 10.6 Å². The number of hydrogen-bond acceptors (Lipinski definition) is 3. The van der Waals surface area contributed by atoms with E-state index in [2.05, 4.69) is 10.6 Å². The third kappa shape index (κ3) is 4.67. The number of urea groups is 1. The largest absolute Gasteiger partial charge is 0.396 e. The zero-order valence-electron chi connectivity index (χ0n) is 12.0. The van der Waals surface area contributed by atoms with Gasteiger partial charge < -0.3 is 20.5 Å². The summed E-state index contributed by atoms with van der Waals surface area (Å²) in [5.41, 5.74) is 0.832. The van der Waals surface area contributed by atoms with Crippen molar-refractivity contribution in [2.45, 2.75) is 25.8 Å². The Hall–Kier alpha value is -1.30. The molecule has 1 aromatic rings. The van der Waals surface area contributed by atoms with Crippen LogP contribution in [0, 0.1) is 6.92 Å². The Balaban J connectivity index is 2.73. The second-order valence-electron chi connectivity index (χ2n) is 4.96. The van der Waals surface area contributed by atoms with E-state index in [4.69, 9.17) is 21.4 Å². The average Bonchev–Trinajstić information content (AvgIpc) is 2.35. The van der Waals surface area contributed by atoms with Crippen LogP contribution in [-0.4, -0.2) is 37.0 Å². The van der Waals surface area contributed by atoms with Crippen LogP contribution in [0.25, 0.3) is 0 Å². The molecule has 0 aliphatic carbocycles. The third-order valence-corrected chi connectivity index (χ3v) is 3.47. The fourth-order valence-electron chi connectivity index (χ4n) is 1.91. The van der Waals surface area contributed by atoms with Crippen molar-refractivity contribution in [3.63, 3.8) is 0 Å². The van der Waals surface area contributed by atoms with Crippen LogP contribution in [0.2, 0.25) is 5.02 Å². The first-order chi connectivity index (χ1) is 9.41. The molecule has 20 heavy (non-hydrogen) atoms. The summed E-state index contributed by atoms with van der Waals surface area (Å²) in [5, 5.41) is 15.2. The van der Waals surface area contributed by atoms with Gasteiger partial charge in [-0.2, -0.15) is 0 Å². The Morgan fingerprint density at radius 3 is 2.80 bits per heavy atom. The Labute approximate surface area is 124 Å². The van der Waals surface area contributed by atoms with Crippen LogP contribution in [0.15, 0.2) is 18.2 Å². The molecule has 0 radical (unpaired) electrons. The first-order valence-electron chi connectivity index (χ1n) is 6.36. The van der Waals surface area contributed by atoms with Gasteiger partial charge in [-0.1, -0.05) is 17.7 Å². The molecule has 0 saturated carbocycles. The molecule has 0 aromatic heterocycles. The number of halogens is 1. The van der Waals surface area contributed by atoms with E-state index in [1.807, 2.05) is 13.8 Å². The van der Waals surface area contributed by atoms with Crippen molar-refractivity contribution in [1.29, 1.82) is 0 Å². The molecular weight excluding hydrogens is 280 g/mol. The van der Waals surface area contributed by atoms with Crippen molar-refractivity contribution in [3.8, 4) is 0 Å². The van der Waals surface area contributed by atoms with Crippen molar-refractivity contribution in [2.75, 3.05) is 25.6 Å². The minimum absolute atomic E-state index is 0.0314. The monoisotopic (exact) mass is 300 g/mol. The first kappa shape index (κ1) is 16.8. The number of benzene rings is 1. The van der Waals surface area contributed by atoms with Gasteiger partial charge in [0.2, 0.25) is 0 Å². The van der Waals surface area contributed by atoms with Gasteiger partial charge in [0.1, 0.15) is 0 Å². The average molecular weight is 301 g/mol. The zero-order chi connectivity index (χ0) is 15.2. The number of carbonyl (C=O) groups excluding carboxylic acids is 1. The SMILES string of the molecule is COCC(C)(CCO)NC(=O)Nc1cccc(Cl)c1C. The zero-order valence-corrected chi connectivity index (χ0v) is 12.8. The van der Waals surface area contributed by atoms with Gasteiger partial charge in [0, 0.05) is 24.4 Å². The number of aliphatic hydroxyl groups is 1. The molecule has 1 unspecified atom stereocenters. The highest BCUT2D eigenvalue weighted by Crippen LogP contribution is 2.23. The lowest BCUT2D eigenvalue weighted by Gasteiger charge is -2.29. The Morgan fingerprint density at radius 1 is 1.50 bits per heavy atom. The lowest BCUT2D eigenvalue weighted by molar-refractivity contribution is 0.104. The van der Waals surface area contributed by atoms with Gasteiger partial charge in [-0.25, -0.2) is 4.79 Å². The van der Waals surface area contributed by atoms with Crippen molar-refractivity contribution in [3.05, 3.63) is 28.8 Å². The second kappa shape index (κ2) is 7.47. The standard InChI is InChI=1S/C14H21ClN2O3/c1-10-11(15)5-4-6-12(10)16-13(19)17-14(2,7-8-18)9-20-3/h4-6,18H,7-9H2,1-3H3,(H2,16,17,19). The summed E-state index contributed by atoms with van der Waals surface area (Å²) in [5.74, 6) is 0. The summed E-state index contributed by atoms with van der Waals surface area (Å²) in [6, 6.07) is 4.96. The van der Waals surface area contributed by atoms with Crippen LogP contribution in [0.5, 0.6) is 0 Å². The van der Waals surface area contributed by atoms with Crippen LogP contribution in [0.4, 0.5) is 10.5 Å². The number of methoxy groups -OCH3 is 1. The molecule has 112 valence electrons. The van der Waals surface area contributed by atoms with Gasteiger partial charge in [-0.3, -0.25) is 0 Å². The summed E-state index contributed by atoms with van der Waals surface area (Å²) >= 11 is 6.01. The maximum absolute atomic E-state index is 12.0. The van der Waals surface area contributed by atoms with Crippen LogP contribution in [0.1, 0.15) is 18.9 Å².